The van der Waals surface area contributed by atoms with E-state index in [0.717, 1.165) is 11.3 Å². The van der Waals surface area contributed by atoms with Crippen LogP contribution in [0.3, 0.4) is 0 Å². The number of benzene rings is 1. The van der Waals surface area contributed by atoms with Crippen LogP contribution in [0.1, 0.15) is 30.1 Å². The number of carbonyl (C=O) groups excluding carboxylic acids is 2. The molecule has 2 rings (SSSR count). The molecular formula is C20H25BrN4O6. The number of esters is 1. The van der Waals surface area contributed by atoms with E-state index in [4.69, 9.17) is 15.2 Å². The zero-order valence-electron chi connectivity index (χ0n) is 17.4. The van der Waals surface area contributed by atoms with E-state index in [-0.39, 0.29) is 36.8 Å². The minimum Gasteiger partial charge on any atom is -0.452 e. The van der Waals surface area contributed by atoms with Gasteiger partial charge >= 0.3 is 11.7 Å². The lowest BCUT2D eigenvalue weighted by molar-refractivity contribution is -0.121. The number of amides is 1. The summed E-state index contributed by atoms with van der Waals surface area (Å²) in [6.07, 6.45) is 1.46. The summed E-state index contributed by atoms with van der Waals surface area (Å²) in [7, 11) is 1.44. The number of unbranched alkanes of at least 4 members (excludes halogenated alkanes) is 1. The third-order valence-corrected chi connectivity index (χ3v) is 5.15. The molecule has 2 aromatic rings. The Morgan fingerprint density at radius 1 is 1.26 bits per heavy atom. The van der Waals surface area contributed by atoms with Gasteiger partial charge in [-0.25, -0.2) is 9.59 Å². The molecule has 0 spiro atoms. The largest absolute Gasteiger partial charge is 0.452 e. The molecule has 10 nitrogen and oxygen atoms in total. The lowest BCUT2D eigenvalue weighted by Crippen LogP contribution is -2.44. The normalized spacial score (nSPS) is 10.7. The van der Waals surface area contributed by atoms with Crippen molar-refractivity contribution in [1.82, 2.24) is 9.55 Å². The fourth-order valence-corrected chi connectivity index (χ4v) is 3.28. The van der Waals surface area contributed by atoms with Gasteiger partial charge in [-0.1, -0.05) is 25.5 Å². The van der Waals surface area contributed by atoms with E-state index in [2.05, 4.69) is 20.9 Å². The van der Waals surface area contributed by atoms with Crippen LogP contribution in [-0.4, -0.2) is 48.3 Å². The molecule has 31 heavy (non-hydrogen) atoms. The average molecular weight is 497 g/mol. The maximum atomic E-state index is 12.9. The zero-order chi connectivity index (χ0) is 23.0. The second-order valence-electron chi connectivity index (χ2n) is 6.59. The first-order valence-electron chi connectivity index (χ1n) is 9.65. The zero-order valence-corrected chi connectivity index (χ0v) is 18.9. The van der Waals surface area contributed by atoms with Crippen molar-refractivity contribution in [2.45, 2.75) is 26.3 Å². The molecule has 0 aliphatic carbocycles. The van der Waals surface area contributed by atoms with Crippen LogP contribution in [-0.2, 0) is 20.8 Å². The summed E-state index contributed by atoms with van der Waals surface area (Å²) < 4.78 is 11.9. The van der Waals surface area contributed by atoms with E-state index in [9.17, 15) is 19.2 Å². The van der Waals surface area contributed by atoms with Crippen LogP contribution >= 0.6 is 15.9 Å². The number of anilines is 2. The molecule has 0 aliphatic rings. The smallest absolute Gasteiger partial charge is 0.339 e. The van der Waals surface area contributed by atoms with Gasteiger partial charge < -0.3 is 15.2 Å². The first-order valence-corrected chi connectivity index (χ1v) is 10.4. The summed E-state index contributed by atoms with van der Waals surface area (Å²) in [4.78, 5) is 53.1. The van der Waals surface area contributed by atoms with Crippen LogP contribution in [0.5, 0.6) is 0 Å². The lowest BCUT2D eigenvalue weighted by Gasteiger charge is -2.24. The van der Waals surface area contributed by atoms with E-state index in [1.807, 2.05) is 6.92 Å². The van der Waals surface area contributed by atoms with Crippen LogP contribution in [0.4, 0.5) is 11.5 Å². The monoisotopic (exact) mass is 496 g/mol. The van der Waals surface area contributed by atoms with Gasteiger partial charge in [0.1, 0.15) is 5.82 Å². The Kier molecular flexibility index (Phi) is 9.01. The fourth-order valence-electron chi connectivity index (χ4n) is 2.83. The summed E-state index contributed by atoms with van der Waals surface area (Å²) >= 11 is 3.25. The molecule has 1 aromatic carbocycles. The van der Waals surface area contributed by atoms with Crippen molar-refractivity contribution in [1.29, 1.82) is 0 Å². The number of nitrogen functional groups attached to an aromatic ring is 1. The van der Waals surface area contributed by atoms with Crippen LogP contribution in [0.15, 0.2) is 38.3 Å². The van der Waals surface area contributed by atoms with Crippen LogP contribution in [0.2, 0.25) is 0 Å². The number of hydrogen-bond acceptors (Lipinski definition) is 7. The van der Waals surface area contributed by atoms with Gasteiger partial charge in [0.15, 0.2) is 12.3 Å². The van der Waals surface area contributed by atoms with Crippen LogP contribution < -0.4 is 21.9 Å². The number of carbonyl (C=O) groups is 2. The molecule has 3 N–H and O–H groups in total. The Morgan fingerprint density at radius 2 is 1.97 bits per heavy atom. The molecule has 0 atom stereocenters. The van der Waals surface area contributed by atoms with Crippen LogP contribution in [0, 0.1) is 0 Å². The Balaban J connectivity index is 2.32. The molecule has 0 radical (unpaired) electrons. The number of H-pyrrole nitrogens is 1. The molecule has 1 aromatic heterocycles. The lowest BCUT2D eigenvalue weighted by atomic mass is 10.2. The molecular weight excluding hydrogens is 472 g/mol. The second-order valence-corrected chi connectivity index (χ2v) is 7.45. The van der Waals surface area contributed by atoms with Gasteiger partial charge in [0.25, 0.3) is 11.5 Å². The van der Waals surface area contributed by atoms with Gasteiger partial charge in [-0.3, -0.25) is 24.0 Å². The summed E-state index contributed by atoms with van der Waals surface area (Å²) in [5.41, 5.74) is 4.70. The second kappa shape index (κ2) is 11.5. The van der Waals surface area contributed by atoms with Crippen molar-refractivity contribution in [3.8, 4) is 0 Å². The Morgan fingerprint density at radius 3 is 2.61 bits per heavy atom. The highest BCUT2D eigenvalue weighted by Gasteiger charge is 2.25. The van der Waals surface area contributed by atoms with E-state index >= 15 is 0 Å². The van der Waals surface area contributed by atoms with E-state index in [1.54, 1.807) is 24.3 Å². The molecule has 1 amide bonds. The van der Waals surface area contributed by atoms with Crippen molar-refractivity contribution < 1.29 is 19.1 Å². The highest BCUT2D eigenvalue weighted by molar-refractivity contribution is 9.10. The van der Waals surface area contributed by atoms with Gasteiger partial charge in [0.2, 0.25) is 0 Å². The average Bonchev–Trinajstić information content (AvgIpc) is 2.74. The van der Waals surface area contributed by atoms with Gasteiger partial charge in [0, 0.05) is 24.7 Å². The quantitative estimate of drug-likeness (QED) is 0.475. The van der Waals surface area contributed by atoms with Crippen molar-refractivity contribution in [2.24, 2.45) is 0 Å². The number of aromatic nitrogens is 2. The molecule has 0 fully saturated rings. The van der Waals surface area contributed by atoms with E-state index in [0.29, 0.717) is 10.9 Å². The number of aromatic amines is 1. The first kappa shape index (κ1) is 24.4. The topological polar surface area (TPSA) is 137 Å². The molecule has 168 valence electrons. The molecule has 0 saturated heterocycles. The van der Waals surface area contributed by atoms with Crippen LogP contribution in [0.25, 0.3) is 0 Å². The van der Waals surface area contributed by atoms with Crippen molar-refractivity contribution >= 4 is 39.3 Å². The maximum absolute atomic E-state index is 12.9. The fraction of sp³-hybridized carbons (Fsp3) is 0.400. The number of rotatable bonds is 10. The van der Waals surface area contributed by atoms with Gasteiger partial charge in [-0.2, -0.15) is 0 Å². The molecule has 0 unspecified atom stereocenters. The summed E-state index contributed by atoms with van der Waals surface area (Å²) in [6, 6.07) is 6.61. The van der Waals surface area contributed by atoms with E-state index < -0.39 is 29.7 Å². The maximum Gasteiger partial charge on any atom is 0.339 e. The SMILES string of the molecule is CCCCn1c(N)c(N(CCOC)C(=O)COC(=O)c2ccccc2Br)c(=O)[nH]c1=O. The standard InChI is InChI=1S/C20H25BrN4O6/c1-3-4-9-25-17(22)16(18(27)23-20(25)29)24(10-11-30-2)15(26)12-31-19(28)13-7-5-6-8-14(13)21/h5-8H,3-4,9-12,22H2,1-2H3,(H,23,27,29). The number of methoxy groups -OCH3 is 1. The predicted molar refractivity (Wildman–Crippen MR) is 119 cm³/mol. The Bertz CT molecular complexity index is 1050. The summed E-state index contributed by atoms with van der Waals surface area (Å²) in [5, 5.41) is 0. The molecule has 0 saturated carbocycles. The molecule has 0 aliphatic heterocycles. The van der Waals surface area contributed by atoms with Gasteiger partial charge in [0.05, 0.1) is 12.2 Å². The van der Waals surface area contributed by atoms with E-state index in [1.165, 1.54) is 11.7 Å². The van der Waals surface area contributed by atoms with Gasteiger partial charge in [-0.05, 0) is 34.5 Å². The third kappa shape index (κ3) is 6.05. The first-order chi connectivity index (χ1) is 14.8. The summed E-state index contributed by atoms with van der Waals surface area (Å²) in [6.45, 7) is 1.67. The number of halogens is 1. The highest BCUT2D eigenvalue weighted by Crippen LogP contribution is 2.19. The third-order valence-electron chi connectivity index (χ3n) is 4.46. The molecule has 1 heterocycles. The molecule has 11 heteroatoms. The molecule has 0 bridgehead atoms. The number of nitrogens with two attached hydrogens (primary N) is 1. The number of hydrogen-bond donors (Lipinski definition) is 2. The number of nitrogens with zero attached hydrogens (tertiary/aromatic N) is 2. The minimum absolute atomic E-state index is 0.0266. The predicted octanol–water partition coefficient (Wildman–Crippen LogP) is 1.52. The van der Waals surface area contributed by atoms with Crippen molar-refractivity contribution in [2.75, 3.05) is 37.5 Å². The Labute approximate surface area is 187 Å². The summed E-state index contributed by atoms with van der Waals surface area (Å²) in [5.74, 6) is -1.53. The Hall–Kier alpha value is -2.92. The van der Waals surface area contributed by atoms with Gasteiger partial charge in [-0.15, -0.1) is 0 Å². The number of nitrogens with one attached hydrogen (secondary N) is 1. The minimum atomic E-state index is -0.808. The van der Waals surface area contributed by atoms with Crippen molar-refractivity contribution in [3.05, 3.63) is 55.1 Å². The van der Waals surface area contributed by atoms with Crippen molar-refractivity contribution in [3.63, 3.8) is 0 Å². The number of ether oxygens (including phenoxy) is 2. The highest BCUT2D eigenvalue weighted by atomic mass is 79.9.